The van der Waals surface area contributed by atoms with E-state index in [0.717, 1.165) is 0 Å². The number of amides is 1. The zero-order valence-electron chi connectivity index (χ0n) is 10.9. The Kier molecular flexibility index (Phi) is 5.57. The van der Waals surface area contributed by atoms with Crippen LogP contribution in [0.3, 0.4) is 0 Å². The molecule has 0 saturated carbocycles. The third-order valence-corrected chi connectivity index (χ3v) is 3.22. The van der Waals surface area contributed by atoms with Crippen molar-refractivity contribution in [2.45, 2.75) is 6.61 Å². The van der Waals surface area contributed by atoms with E-state index in [2.05, 4.69) is 26.0 Å². The number of anilines is 1. The Labute approximate surface area is 137 Å². The van der Waals surface area contributed by atoms with E-state index < -0.39 is 12.5 Å². The summed E-state index contributed by atoms with van der Waals surface area (Å²) in [6.45, 7) is -3.04. The van der Waals surface area contributed by atoms with Crippen LogP contribution in [0.4, 0.5) is 14.5 Å². The van der Waals surface area contributed by atoms with Gasteiger partial charge in [0.25, 0.3) is 0 Å². The van der Waals surface area contributed by atoms with Crippen molar-refractivity contribution in [1.82, 2.24) is 0 Å². The molecule has 0 unspecified atom stereocenters. The number of carbonyl (C=O) groups excluding carboxylic acids is 1. The Balaban J connectivity index is 2.18. The summed E-state index contributed by atoms with van der Waals surface area (Å²) in [5, 5.41) is 2.67. The molecule has 2 aromatic rings. The molecule has 0 aliphatic rings. The minimum absolute atomic E-state index is 0.0220. The Morgan fingerprint density at radius 3 is 2.86 bits per heavy atom. The van der Waals surface area contributed by atoms with Gasteiger partial charge in [0.05, 0.1) is 16.4 Å². The van der Waals surface area contributed by atoms with Crippen LogP contribution in [0.2, 0.25) is 5.02 Å². The highest BCUT2D eigenvalue weighted by molar-refractivity contribution is 9.10. The standard InChI is InChI=1S/C14H9BrClF2NO3/c15-10-6-8(16)7-11(13(10)22-14(17)18)19-12(20)4-3-9-2-1-5-21-9/h1-7,14H,(H,19,20)/b4-3+. The number of hydrogen-bond acceptors (Lipinski definition) is 3. The van der Waals surface area contributed by atoms with Crippen molar-refractivity contribution in [3.8, 4) is 5.75 Å². The third-order valence-electron chi connectivity index (χ3n) is 2.42. The number of ether oxygens (including phenoxy) is 1. The summed E-state index contributed by atoms with van der Waals surface area (Å²) < 4.78 is 34.5. The van der Waals surface area contributed by atoms with Crippen LogP contribution in [0.5, 0.6) is 5.75 Å². The van der Waals surface area contributed by atoms with Crippen molar-refractivity contribution in [3.63, 3.8) is 0 Å². The van der Waals surface area contributed by atoms with Gasteiger partial charge >= 0.3 is 6.61 Å². The predicted octanol–water partition coefficient (Wildman–Crippen LogP) is 4.95. The van der Waals surface area contributed by atoms with Crippen LogP contribution in [-0.4, -0.2) is 12.5 Å². The summed E-state index contributed by atoms with van der Waals surface area (Å²) in [6, 6.07) is 6.02. The van der Waals surface area contributed by atoms with Crippen LogP contribution >= 0.6 is 27.5 Å². The van der Waals surface area contributed by atoms with Gasteiger partial charge in [-0.1, -0.05) is 11.6 Å². The van der Waals surface area contributed by atoms with Gasteiger partial charge in [-0.25, -0.2) is 0 Å². The zero-order valence-corrected chi connectivity index (χ0v) is 13.2. The second-order valence-corrected chi connectivity index (χ2v) is 5.27. The molecule has 22 heavy (non-hydrogen) atoms. The van der Waals surface area contributed by atoms with E-state index >= 15 is 0 Å². The van der Waals surface area contributed by atoms with E-state index in [1.165, 1.54) is 30.5 Å². The summed E-state index contributed by atoms with van der Waals surface area (Å²) in [4.78, 5) is 11.8. The minimum Gasteiger partial charge on any atom is -0.465 e. The summed E-state index contributed by atoms with van der Waals surface area (Å²) >= 11 is 8.90. The molecule has 8 heteroatoms. The van der Waals surface area contributed by atoms with Crippen LogP contribution < -0.4 is 10.1 Å². The van der Waals surface area contributed by atoms with Gasteiger partial charge in [-0.2, -0.15) is 8.78 Å². The average molecular weight is 393 g/mol. The molecule has 1 N–H and O–H groups in total. The third kappa shape index (κ3) is 4.57. The van der Waals surface area contributed by atoms with E-state index in [0.29, 0.717) is 5.76 Å². The largest absolute Gasteiger partial charge is 0.465 e. The van der Waals surface area contributed by atoms with E-state index in [9.17, 15) is 13.6 Å². The minimum atomic E-state index is -3.04. The molecule has 1 heterocycles. The molecule has 0 aliphatic carbocycles. The van der Waals surface area contributed by atoms with Crippen LogP contribution in [0.25, 0.3) is 6.08 Å². The maximum absolute atomic E-state index is 12.4. The van der Waals surface area contributed by atoms with E-state index in [-0.39, 0.29) is 20.9 Å². The van der Waals surface area contributed by atoms with Gasteiger partial charge in [-0.15, -0.1) is 0 Å². The van der Waals surface area contributed by atoms with Gasteiger partial charge in [-0.3, -0.25) is 4.79 Å². The second kappa shape index (κ2) is 7.42. The van der Waals surface area contributed by atoms with Crippen molar-refractivity contribution in [2.75, 3.05) is 5.32 Å². The number of halogens is 4. The highest BCUT2D eigenvalue weighted by atomic mass is 79.9. The van der Waals surface area contributed by atoms with Crippen LogP contribution in [0.15, 0.2) is 45.5 Å². The Bertz CT molecular complexity index is 690. The van der Waals surface area contributed by atoms with Gasteiger partial charge < -0.3 is 14.5 Å². The normalized spacial score (nSPS) is 11.1. The topological polar surface area (TPSA) is 51.5 Å². The molecule has 1 aromatic carbocycles. The average Bonchev–Trinajstić information content (AvgIpc) is 2.93. The smallest absolute Gasteiger partial charge is 0.387 e. The van der Waals surface area contributed by atoms with E-state index in [1.807, 2.05) is 0 Å². The lowest BCUT2D eigenvalue weighted by Crippen LogP contribution is -2.11. The molecule has 0 radical (unpaired) electrons. The molecule has 0 aliphatic heterocycles. The maximum atomic E-state index is 12.4. The number of alkyl halides is 2. The lowest BCUT2D eigenvalue weighted by Gasteiger charge is -2.13. The van der Waals surface area contributed by atoms with Gasteiger partial charge in [0, 0.05) is 11.1 Å². The molecule has 0 bridgehead atoms. The molecule has 4 nitrogen and oxygen atoms in total. The van der Waals surface area contributed by atoms with Gasteiger partial charge in [0.15, 0.2) is 5.75 Å². The molecule has 1 amide bonds. The van der Waals surface area contributed by atoms with Gasteiger partial charge in [0.2, 0.25) is 5.91 Å². The van der Waals surface area contributed by atoms with Crippen molar-refractivity contribution in [2.24, 2.45) is 0 Å². The number of carbonyl (C=O) groups is 1. The SMILES string of the molecule is O=C(/C=C/c1ccco1)Nc1cc(Cl)cc(Br)c1OC(F)F. The van der Waals surface area contributed by atoms with Gasteiger partial charge in [0.1, 0.15) is 5.76 Å². The molecule has 0 spiro atoms. The zero-order chi connectivity index (χ0) is 16.1. The lowest BCUT2D eigenvalue weighted by molar-refractivity contribution is -0.111. The number of nitrogens with one attached hydrogen (secondary N) is 1. The highest BCUT2D eigenvalue weighted by Gasteiger charge is 2.16. The Morgan fingerprint density at radius 2 is 2.23 bits per heavy atom. The molecule has 0 saturated heterocycles. The molecule has 2 rings (SSSR count). The molecular weight excluding hydrogens is 384 g/mol. The maximum Gasteiger partial charge on any atom is 0.387 e. The fourth-order valence-electron chi connectivity index (χ4n) is 1.58. The molecule has 0 fully saturated rings. The quantitative estimate of drug-likeness (QED) is 0.733. The fourth-order valence-corrected chi connectivity index (χ4v) is 2.48. The first-order chi connectivity index (χ1) is 10.5. The first kappa shape index (κ1) is 16.5. The van der Waals surface area contributed by atoms with Crippen LogP contribution in [0.1, 0.15) is 5.76 Å². The van der Waals surface area contributed by atoms with Crippen LogP contribution in [-0.2, 0) is 4.79 Å². The fraction of sp³-hybridized carbons (Fsp3) is 0.0714. The number of benzene rings is 1. The van der Waals surface area contributed by atoms with Crippen LogP contribution in [0, 0.1) is 0 Å². The summed E-state index contributed by atoms with van der Waals surface area (Å²) in [7, 11) is 0. The lowest BCUT2D eigenvalue weighted by atomic mass is 10.3. The first-order valence-electron chi connectivity index (χ1n) is 5.92. The van der Waals surface area contributed by atoms with Crippen molar-refractivity contribution in [3.05, 3.63) is 51.9 Å². The van der Waals surface area contributed by atoms with Crippen molar-refractivity contribution < 1.29 is 22.7 Å². The summed E-state index contributed by atoms with van der Waals surface area (Å²) in [5.74, 6) is -0.282. The summed E-state index contributed by atoms with van der Waals surface area (Å²) in [6.07, 6.45) is 4.09. The number of hydrogen-bond donors (Lipinski definition) is 1. The summed E-state index contributed by atoms with van der Waals surface area (Å²) in [5.41, 5.74) is 0.0220. The molecular formula is C14H9BrClF2NO3. The monoisotopic (exact) mass is 391 g/mol. The predicted molar refractivity (Wildman–Crippen MR) is 82.2 cm³/mol. The second-order valence-electron chi connectivity index (χ2n) is 3.98. The Morgan fingerprint density at radius 1 is 1.45 bits per heavy atom. The van der Waals surface area contributed by atoms with Crippen molar-refractivity contribution in [1.29, 1.82) is 0 Å². The van der Waals surface area contributed by atoms with E-state index in [1.54, 1.807) is 12.1 Å². The number of rotatable bonds is 5. The first-order valence-corrected chi connectivity index (χ1v) is 7.09. The van der Waals surface area contributed by atoms with E-state index in [4.69, 9.17) is 16.0 Å². The number of furan rings is 1. The molecule has 0 atom stereocenters. The molecule has 1 aromatic heterocycles. The Hall–Kier alpha value is -1.86. The van der Waals surface area contributed by atoms with Crippen molar-refractivity contribution >= 4 is 45.2 Å². The highest BCUT2D eigenvalue weighted by Crippen LogP contribution is 2.37. The van der Waals surface area contributed by atoms with Gasteiger partial charge in [-0.05, 0) is 46.3 Å². The molecule has 116 valence electrons.